The molecule has 0 aromatic heterocycles. The molecule has 3 rings (SSSR count). The van der Waals surface area contributed by atoms with Crippen molar-refractivity contribution in [2.24, 2.45) is 11.8 Å². The van der Waals surface area contributed by atoms with Crippen molar-refractivity contribution in [1.82, 2.24) is 0 Å². The van der Waals surface area contributed by atoms with E-state index in [1.54, 1.807) is 6.07 Å². The van der Waals surface area contributed by atoms with Gasteiger partial charge < -0.3 is 4.74 Å². The van der Waals surface area contributed by atoms with E-state index >= 15 is 0 Å². The molecule has 0 amide bonds. The second-order valence-electron chi connectivity index (χ2n) is 7.47. The van der Waals surface area contributed by atoms with E-state index in [9.17, 15) is 13.2 Å². The summed E-state index contributed by atoms with van der Waals surface area (Å²) in [5, 5.41) is 0.151. The third kappa shape index (κ3) is 3.70. The zero-order valence-corrected chi connectivity index (χ0v) is 15.6. The molecule has 0 radical (unpaired) electrons. The highest BCUT2D eigenvalue weighted by Crippen LogP contribution is 2.38. The number of rotatable bonds is 6. The van der Waals surface area contributed by atoms with Gasteiger partial charge in [-0.25, -0.2) is 13.2 Å². The van der Waals surface area contributed by atoms with Crippen molar-refractivity contribution >= 4 is 10.8 Å². The van der Waals surface area contributed by atoms with Gasteiger partial charge in [-0.15, -0.1) is 0 Å². The van der Waals surface area contributed by atoms with Gasteiger partial charge in [0.05, 0.1) is 12.5 Å². The minimum atomic E-state index is -1.14. The van der Waals surface area contributed by atoms with Crippen LogP contribution in [0, 0.1) is 29.3 Å². The number of hydrogen-bond donors (Lipinski definition) is 0. The maximum absolute atomic E-state index is 14.5. The van der Waals surface area contributed by atoms with Crippen LogP contribution in [0.2, 0.25) is 0 Å². The van der Waals surface area contributed by atoms with Gasteiger partial charge in [0, 0.05) is 0 Å². The van der Waals surface area contributed by atoms with E-state index in [0.29, 0.717) is 23.3 Å². The van der Waals surface area contributed by atoms with Crippen LogP contribution in [0.25, 0.3) is 10.8 Å². The molecule has 1 fully saturated rings. The van der Waals surface area contributed by atoms with Crippen molar-refractivity contribution in [3.05, 3.63) is 41.2 Å². The molecule has 2 aromatic carbocycles. The van der Waals surface area contributed by atoms with Gasteiger partial charge in [0.25, 0.3) is 0 Å². The molecule has 2 unspecified atom stereocenters. The van der Waals surface area contributed by atoms with Crippen LogP contribution < -0.4 is 4.74 Å². The lowest BCUT2D eigenvalue weighted by atomic mass is 9.74. The maximum atomic E-state index is 14.5. The molecule has 2 atom stereocenters. The third-order valence-electron chi connectivity index (χ3n) is 5.91. The Hall–Kier alpha value is -1.71. The van der Waals surface area contributed by atoms with Crippen molar-refractivity contribution in [2.75, 3.05) is 7.11 Å². The van der Waals surface area contributed by atoms with Gasteiger partial charge in [0.1, 0.15) is 0 Å². The first kappa shape index (κ1) is 19.1. The van der Waals surface area contributed by atoms with Crippen LogP contribution in [0.4, 0.5) is 13.2 Å². The number of methoxy groups -OCH3 is 1. The van der Waals surface area contributed by atoms with Gasteiger partial charge in [0.2, 0.25) is 0 Å². The number of fused-ring (bicyclic) bond motifs is 1. The van der Waals surface area contributed by atoms with Gasteiger partial charge in [-0.05, 0) is 47.8 Å². The lowest BCUT2D eigenvalue weighted by Crippen LogP contribution is -2.20. The van der Waals surface area contributed by atoms with Crippen LogP contribution in [0.3, 0.4) is 0 Å². The Morgan fingerprint density at radius 1 is 1.00 bits per heavy atom. The summed E-state index contributed by atoms with van der Waals surface area (Å²) in [6.07, 6.45) is 9.00. The molecule has 1 aliphatic rings. The van der Waals surface area contributed by atoms with Gasteiger partial charge in [-0.1, -0.05) is 51.5 Å². The largest absolute Gasteiger partial charge is 0.494 e. The van der Waals surface area contributed by atoms with Crippen molar-refractivity contribution < 1.29 is 17.9 Å². The Morgan fingerprint density at radius 2 is 1.69 bits per heavy atom. The second kappa shape index (κ2) is 8.32. The summed E-state index contributed by atoms with van der Waals surface area (Å²) in [4.78, 5) is 0. The quantitative estimate of drug-likeness (QED) is 0.547. The molecule has 1 saturated carbocycles. The van der Waals surface area contributed by atoms with Crippen molar-refractivity contribution in [1.29, 1.82) is 0 Å². The molecular weight excluding hydrogens is 337 g/mol. The van der Waals surface area contributed by atoms with Crippen LogP contribution in [0.5, 0.6) is 5.75 Å². The summed E-state index contributed by atoms with van der Waals surface area (Å²) in [5.74, 6) is -1.68. The third-order valence-corrected chi connectivity index (χ3v) is 5.91. The Kier molecular flexibility index (Phi) is 6.10. The molecule has 1 nitrogen and oxygen atoms in total. The van der Waals surface area contributed by atoms with E-state index in [2.05, 4.69) is 6.92 Å². The van der Waals surface area contributed by atoms with Gasteiger partial charge in [0.15, 0.2) is 23.2 Å². The fraction of sp³-hybridized carbons (Fsp3) is 0.545. The monoisotopic (exact) mass is 364 g/mol. The zero-order chi connectivity index (χ0) is 18.7. The fourth-order valence-corrected chi connectivity index (χ4v) is 4.57. The molecule has 2 aromatic rings. The molecule has 4 heteroatoms. The molecule has 26 heavy (non-hydrogen) atoms. The SMILES string of the molecule is CCCC1CCCCC1CCc1cc(F)c(F)c2c(F)c(OC)ccc12. The lowest BCUT2D eigenvalue weighted by Gasteiger charge is -2.31. The lowest BCUT2D eigenvalue weighted by molar-refractivity contribution is 0.210. The number of halogens is 3. The summed E-state index contributed by atoms with van der Waals surface area (Å²) in [6.45, 7) is 2.21. The summed E-state index contributed by atoms with van der Waals surface area (Å²) >= 11 is 0. The molecule has 142 valence electrons. The number of aryl methyl sites for hydroxylation is 1. The summed E-state index contributed by atoms with van der Waals surface area (Å²) in [5.41, 5.74) is 0.682. The summed E-state index contributed by atoms with van der Waals surface area (Å²) in [6, 6.07) is 4.36. The summed E-state index contributed by atoms with van der Waals surface area (Å²) in [7, 11) is 1.32. The van der Waals surface area contributed by atoms with E-state index in [-0.39, 0.29) is 11.1 Å². The smallest absolute Gasteiger partial charge is 0.175 e. The first-order valence-electron chi connectivity index (χ1n) is 9.69. The number of hydrogen-bond acceptors (Lipinski definition) is 1. The van der Waals surface area contributed by atoms with Crippen LogP contribution in [-0.4, -0.2) is 7.11 Å². The standard InChI is InChI=1S/C22H27F3O/c1-3-6-14-7-4-5-8-15(14)9-10-16-13-18(23)21(24)20-17(16)11-12-19(26-2)22(20)25/h11-15H,3-10H2,1-2H3. The molecule has 0 saturated heterocycles. The van der Waals surface area contributed by atoms with Gasteiger partial charge >= 0.3 is 0 Å². The normalized spacial score (nSPS) is 20.5. The Bertz CT molecular complexity index is 770. The molecule has 1 aliphatic carbocycles. The summed E-state index contributed by atoms with van der Waals surface area (Å²) < 4.78 is 47.8. The highest BCUT2D eigenvalue weighted by molar-refractivity contribution is 5.88. The minimum Gasteiger partial charge on any atom is -0.494 e. The van der Waals surface area contributed by atoms with Crippen LogP contribution in [0.1, 0.15) is 57.4 Å². The van der Waals surface area contributed by atoms with E-state index in [0.717, 1.165) is 12.3 Å². The van der Waals surface area contributed by atoms with Crippen molar-refractivity contribution in [2.45, 2.75) is 58.3 Å². The molecule has 0 bridgehead atoms. The van der Waals surface area contributed by atoms with E-state index < -0.39 is 17.5 Å². The number of ether oxygens (including phenoxy) is 1. The fourth-order valence-electron chi connectivity index (χ4n) is 4.57. The Morgan fingerprint density at radius 3 is 2.35 bits per heavy atom. The molecule has 0 N–H and O–H groups in total. The molecular formula is C22H27F3O. The molecule has 0 heterocycles. The average molecular weight is 364 g/mol. The second-order valence-corrected chi connectivity index (χ2v) is 7.47. The zero-order valence-electron chi connectivity index (χ0n) is 15.6. The Labute approximate surface area is 153 Å². The highest BCUT2D eigenvalue weighted by Gasteiger charge is 2.25. The average Bonchev–Trinajstić information content (AvgIpc) is 2.64. The first-order chi connectivity index (χ1) is 12.6. The topological polar surface area (TPSA) is 9.23 Å². The maximum Gasteiger partial charge on any atom is 0.175 e. The van der Waals surface area contributed by atoms with Crippen LogP contribution in [0.15, 0.2) is 18.2 Å². The van der Waals surface area contributed by atoms with E-state index in [4.69, 9.17) is 4.74 Å². The predicted molar refractivity (Wildman–Crippen MR) is 99.1 cm³/mol. The van der Waals surface area contributed by atoms with Crippen LogP contribution in [-0.2, 0) is 6.42 Å². The van der Waals surface area contributed by atoms with Crippen molar-refractivity contribution in [3.8, 4) is 5.75 Å². The van der Waals surface area contributed by atoms with Gasteiger partial charge in [-0.3, -0.25) is 0 Å². The predicted octanol–water partition coefficient (Wildman–Crippen LogP) is 6.80. The highest BCUT2D eigenvalue weighted by atomic mass is 19.2. The van der Waals surface area contributed by atoms with E-state index in [1.807, 2.05) is 0 Å². The van der Waals surface area contributed by atoms with Crippen LogP contribution >= 0.6 is 0 Å². The van der Waals surface area contributed by atoms with E-state index in [1.165, 1.54) is 57.8 Å². The number of benzene rings is 2. The Balaban J connectivity index is 1.90. The first-order valence-corrected chi connectivity index (χ1v) is 9.69. The van der Waals surface area contributed by atoms with Gasteiger partial charge in [-0.2, -0.15) is 0 Å². The molecule has 0 spiro atoms. The molecule has 0 aliphatic heterocycles. The minimum absolute atomic E-state index is 0.0664. The van der Waals surface area contributed by atoms with Crippen molar-refractivity contribution in [3.63, 3.8) is 0 Å².